The van der Waals surface area contributed by atoms with Crippen molar-refractivity contribution in [2.24, 2.45) is 0 Å². The average molecular weight is 437 g/mol. The molecule has 126 valence electrons. The standard InChI is InChI=1S/C19H20INO3/c20-16-3-7-18(8-4-16)24-13-19(23)21-11-9-15(10-12-21)14-1-5-17(22)6-2-14/h1-8,15,22H,9-13H2. The van der Waals surface area contributed by atoms with Crippen LogP contribution >= 0.6 is 22.6 Å². The van der Waals surface area contributed by atoms with E-state index in [1.165, 1.54) is 5.56 Å². The van der Waals surface area contributed by atoms with Gasteiger partial charge in [0.1, 0.15) is 11.5 Å². The van der Waals surface area contributed by atoms with Crippen molar-refractivity contribution in [2.45, 2.75) is 18.8 Å². The van der Waals surface area contributed by atoms with Crippen molar-refractivity contribution < 1.29 is 14.6 Å². The highest BCUT2D eigenvalue weighted by atomic mass is 127. The lowest BCUT2D eigenvalue weighted by Gasteiger charge is -2.32. The number of piperidine rings is 1. The Hall–Kier alpha value is -1.76. The molecule has 2 aromatic carbocycles. The van der Waals surface area contributed by atoms with Crippen LogP contribution < -0.4 is 4.74 Å². The molecule has 1 aliphatic rings. The number of hydrogen-bond acceptors (Lipinski definition) is 3. The van der Waals surface area contributed by atoms with E-state index in [0.717, 1.165) is 35.3 Å². The van der Waals surface area contributed by atoms with Gasteiger partial charge in [0.05, 0.1) is 0 Å². The summed E-state index contributed by atoms with van der Waals surface area (Å²) in [5.74, 6) is 1.51. The molecule has 24 heavy (non-hydrogen) atoms. The Bertz CT molecular complexity index is 677. The Morgan fingerprint density at radius 2 is 1.71 bits per heavy atom. The minimum atomic E-state index is 0.0395. The Morgan fingerprint density at radius 3 is 2.33 bits per heavy atom. The molecule has 1 fully saturated rings. The lowest BCUT2D eigenvalue weighted by Crippen LogP contribution is -2.40. The highest BCUT2D eigenvalue weighted by Gasteiger charge is 2.24. The summed E-state index contributed by atoms with van der Waals surface area (Å²) in [6.07, 6.45) is 1.89. The van der Waals surface area contributed by atoms with Gasteiger partial charge < -0.3 is 14.7 Å². The van der Waals surface area contributed by atoms with E-state index in [1.807, 2.05) is 41.3 Å². The number of ether oxygens (including phenoxy) is 1. The molecule has 0 aliphatic carbocycles. The van der Waals surface area contributed by atoms with Crippen molar-refractivity contribution in [2.75, 3.05) is 19.7 Å². The zero-order valence-corrected chi connectivity index (χ0v) is 15.5. The fourth-order valence-electron chi connectivity index (χ4n) is 2.98. The zero-order valence-electron chi connectivity index (χ0n) is 13.3. The monoisotopic (exact) mass is 437 g/mol. The maximum atomic E-state index is 12.3. The van der Waals surface area contributed by atoms with Crippen molar-refractivity contribution in [1.29, 1.82) is 0 Å². The van der Waals surface area contributed by atoms with Gasteiger partial charge in [0, 0.05) is 16.7 Å². The van der Waals surface area contributed by atoms with Crippen LogP contribution in [0.15, 0.2) is 48.5 Å². The molecular formula is C19H20INO3. The number of phenolic OH excluding ortho intramolecular Hbond substituents is 1. The minimum absolute atomic E-state index is 0.0395. The second-order valence-electron chi connectivity index (χ2n) is 5.99. The second kappa shape index (κ2) is 7.88. The predicted molar refractivity (Wildman–Crippen MR) is 101 cm³/mol. The van der Waals surface area contributed by atoms with Gasteiger partial charge >= 0.3 is 0 Å². The molecule has 1 saturated heterocycles. The van der Waals surface area contributed by atoms with Crippen LogP contribution in [0.25, 0.3) is 0 Å². The molecule has 0 spiro atoms. The van der Waals surface area contributed by atoms with Crippen molar-refractivity contribution >= 4 is 28.5 Å². The van der Waals surface area contributed by atoms with Crippen molar-refractivity contribution in [3.8, 4) is 11.5 Å². The van der Waals surface area contributed by atoms with E-state index in [9.17, 15) is 9.90 Å². The molecule has 1 N–H and O–H groups in total. The van der Waals surface area contributed by atoms with Gasteiger partial charge in [0.25, 0.3) is 5.91 Å². The maximum absolute atomic E-state index is 12.3. The van der Waals surface area contributed by atoms with Crippen LogP contribution in [-0.2, 0) is 4.79 Å². The summed E-state index contributed by atoms with van der Waals surface area (Å²) in [4.78, 5) is 14.2. The number of carbonyl (C=O) groups is 1. The van der Waals surface area contributed by atoms with Crippen LogP contribution in [0.4, 0.5) is 0 Å². The number of benzene rings is 2. The molecule has 0 radical (unpaired) electrons. The van der Waals surface area contributed by atoms with Crippen molar-refractivity contribution in [3.05, 3.63) is 57.7 Å². The van der Waals surface area contributed by atoms with Crippen LogP contribution in [-0.4, -0.2) is 35.6 Å². The molecular weight excluding hydrogens is 417 g/mol. The molecule has 1 aliphatic heterocycles. The van der Waals surface area contributed by atoms with Crippen LogP contribution in [0, 0.1) is 3.57 Å². The van der Waals surface area contributed by atoms with E-state index in [-0.39, 0.29) is 12.5 Å². The lowest BCUT2D eigenvalue weighted by molar-refractivity contribution is -0.134. The summed E-state index contributed by atoms with van der Waals surface area (Å²) in [7, 11) is 0. The molecule has 2 aromatic rings. The number of aromatic hydroxyl groups is 1. The largest absolute Gasteiger partial charge is 0.508 e. The first kappa shape index (κ1) is 17.1. The summed E-state index contributed by atoms with van der Waals surface area (Å²) in [5.41, 5.74) is 1.23. The van der Waals surface area contributed by atoms with Gasteiger partial charge in [-0.2, -0.15) is 0 Å². The Kier molecular flexibility index (Phi) is 5.60. The van der Waals surface area contributed by atoms with Gasteiger partial charge in [-0.05, 0) is 83.3 Å². The molecule has 3 rings (SSSR count). The number of hydrogen-bond donors (Lipinski definition) is 1. The van der Waals surface area contributed by atoms with Gasteiger partial charge in [0.15, 0.2) is 6.61 Å². The van der Waals surface area contributed by atoms with E-state index >= 15 is 0 Å². The number of halogens is 1. The normalized spacial score (nSPS) is 15.3. The highest BCUT2D eigenvalue weighted by Crippen LogP contribution is 2.29. The first-order valence-corrected chi connectivity index (χ1v) is 9.15. The Morgan fingerprint density at radius 1 is 1.08 bits per heavy atom. The molecule has 1 heterocycles. The number of carbonyl (C=O) groups excluding carboxylic acids is 1. The Labute approximate surface area is 155 Å². The number of amides is 1. The molecule has 1 amide bonds. The van der Waals surface area contributed by atoms with Gasteiger partial charge in [-0.1, -0.05) is 12.1 Å². The molecule has 0 unspecified atom stereocenters. The van der Waals surface area contributed by atoms with Crippen molar-refractivity contribution in [1.82, 2.24) is 4.90 Å². The molecule has 0 aromatic heterocycles. The summed E-state index contributed by atoms with van der Waals surface area (Å²) in [5, 5.41) is 9.37. The minimum Gasteiger partial charge on any atom is -0.508 e. The lowest BCUT2D eigenvalue weighted by atomic mass is 9.89. The van der Waals surface area contributed by atoms with Gasteiger partial charge in [-0.15, -0.1) is 0 Å². The van der Waals surface area contributed by atoms with Crippen LogP contribution in [0.5, 0.6) is 11.5 Å². The Balaban J connectivity index is 1.48. The van der Waals surface area contributed by atoms with Gasteiger partial charge in [0.2, 0.25) is 0 Å². The maximum Gasteiger partial charge on any atom is 0.260 e. The quantitative estimate of drug-likeness (QED) is 0.741. The third kappa shape index (κ3) is 4.41. The number of rotatable bonds is 4. The SMILES string of the molecule is O=C(COc1ccc(I)cc1)N1CCC(c2ccc(O)cc2)CC1. The van der Waals surface area contributed by atoms with Gasteiger partial charge in [-0.3, -0.25) is 4.79 Å². The van der Waals surface area contributed by atoms with Crippen molar-refractivity contribution in [3.63, 3.8) is 0 Å². The zero-order chi connectivity index (χ0) is 16.9. The van der Waals surface area contributed by atoms with Crippen LogP contribution in [0.1, 0.15) is 24.3 Å². The summed E-state index contributed by atoms with van der Waals surface area (Å²) < 4.78 is 6.72. The van der Waals surface area contributed by atoms with E-state index in [1.54, 1.807) is 12.1 Å². The first-order chi connectivity index (χ1) is 11.6. The van der Waals surface area contributed by atoms with Crippen LogP contribution in [0.3, 0.4) is 0 Å². The second-order valence-corrected chi connectivity index (χ2v) is 7.23. The fraction of sp³-hybridized carbons (Fsp3) is 0.316. The van der Waals surface area contributed by atoms with E-state index in [2.05, 4.69) is 22.6 Å². The predicted octanol–water partition coefficient (Wildman–Crippen LogP) is 3.78. The fourth-order valence-corrected chi connectivity index (χ4v) is 3.34. The third-order valence-corrected chi connectivity index (χ3v) is 5.11. The molecule has 0 atom stereocenters. The van der Waals surface area contributed by atoms with E-state index in [4.69, 9.17) is 4.74 Å². The molecule has 0 saturated carbocycles. The smallest absolute Gasteiger partial charge is 0.260 e. The first-order valence-electron chi connectivity index (χ1n) is 8.07. The van der Waals surface area contributed by atoms with Gasteiger partial charge in [-0.25, -0.2) is 0 Å². The molecule has 4 nitrogen and oxygen atoms in total. The number of nitrogens with zero attached hydrogens (tertiary/aromatic N) is 1. The molecule has 5 heteroatoms. The average Bonchev–Trinajstić information content (AvgIpc) is 2.62. The van der Waals surface area contributed by atoms with Crippen LogP contribution in [0.2, 0.25) is 0 Å². The number of likely N-dealkylation sites (tertiary alicyclic amines) is 1. The topological polar surface area (TPSA) is 49.8 Å². The van der Waals surface area contributed by atoms with E-state index in [0.29, 0.717) is 11.7 Å². The summed E-state index contributed by atoms with van der Waals surface area (Å²) in [6, 6.07) is 15.1. The summed E-state index contributed by atoms with van der Waals surface area (Å²) >= 11 is 2.24. The molecule has 0 bridgehead atoms. The summed E-state index contributed by atoms with van der Waals surface area (Å²) in [6.45, 7) is 1.59. The highest BCUT2D eigenvalue weighted by molar-refractivity contribution is 14.1. The number of phenols is 1. The third-order valence-electron chi connectivity index (χ3n) is 4.39. The van der Waals surface area contributed by atoms with E-state index < -0.39 is 0 Å².